The molecule has 3 nitrogen and oxygen atoms in total. The van der Waals surface area contributed by atoms with Gasteiger partial charge in [0.2, 0.25) is 5.91 Å². The monoisotopic (exact) mass is 191 g/mol. The van der Waals surface area contributed by atoms with Crippen LogP contribution in [-0.4, -0.2) is 11.9 Å². The van der Waals surface area contributed by atoms with Crippen LogP contribution in [0, 0.1) is 12.0 Å². The van der Waals surface area contributed by atoms with Gasteiger partial charge in [-0.3, -0.25) is 4.79 Å². The molecule has 3 N–H and O–H groups in total. The van der Waals surface area contributed by atoms with Crippen molar-refractivity contribution in [1.29, 1.82) is 0 Å². The van der Waals surface area contributed by atoms with E-state index in [9.17, 15) is 4.79 Å². The van der Waals surface area contributed by atoms with Gasteiger partial charge >= 0.3 is 0 Å². The van der Waals surface area contributed by atoms with Crippen molar-refractivity contribution in [1.82, 2.24) is 0 Å². The predicted octanol–water partition coefficient (Wildman–Crippen LogP) is 1.41. The van der Waals surface area contributed by atoms with Crippen molar-refractivity contribution in [3.63, 3.8) is 0 Å². The first kappa shape index (κ1) is 10.7. The number of carbonyl (C=O) groups excluding carboxylic acids is 1. The summed E-state index contributed by atoms with van der Waals surface area (Å²) in [6, 6.07) is 9.65. The van der Waals surface area contributed by atoms with Gasteiger partial charge in [0, 0.05) is 11.8 Å². The van der Waals surface area contributed by atoms with Crippen molar-refractivity contribution in [3.05, 3.63) is 30.3 Å². The highest BCUT2D eigenvalue weighted by molar-refractivity contribution is 5.94. The van der Waals surface area contributed by atoms with Gasteiger partial charge in [0.1, 0.15) is 0 Å². The van der Waals surface area contributed by atoms with Crippen LogP contribution in [0.1, 0.15) is 13.8 Å². The first-order chi connectivity index (χ1) is 6.61. The zero-order chi connectivity index (χ0) is 10.6. The van der Waals surface area contributed by atoms with Gasteiger partial charge in [0.25, 0.3) is 0 Å². The van der Waals surface area contributed by atoms with Crippen molar-refractivity contribution < 1.29 is 4.79 Å². The van der Waals surface area contributed by atoms with Crippen LogP contribution >= 0.6 is 0 Å². The van der Waals surface area contributed by atoms with Gasteiger partial charge in [0.15, 0.2) is 0 Å². The number of amides is 1. The Morgan fingerprint density at radius 1 is 1.50 bits per heavy atom. The van der Waals surface area contributed by atoms with E-state index >= 15 is 0 Å². The predicted molar refractivity (Wildman–Crippen MR) is 56.7 cm³/mol. The molecule has 0 fully saturated rings. The molecule has 0 aliphatic carbocycles. The van der Waals surface area contributed by atoms with Crippen molar-refractivity contribution in [2.45, 2.75) is 19.9 Å². The SMILES string of the molecule is CC(C)[C@H](N)C(=O)Nc1[c]cccc1. The number of nitrogens with one attached hydrogen (secondary N) is 1. The summed E-state index contributed by atoms with van der Waals surface area (Å²) in [4.78, 5) is 11.5. The first-order valence-corrected chi connectivity index (χ1v) is 4.64. The molecular weight excluding hydrogens is 176 g/mol. The second kappa shape index (κ2) is 4.77. The molecular formula is C11H15N2O. The van der Waals surface area contributed by atoms with E-state index < -0.39 is 6.04 Å². The van der Waals surface area contributed by atoms with Gasteiger partial charge in [-0.25, -0.2) is 0 Å². The molecule has 0 saturated heterocycles. The highest BCUT2D eigenvalue weighted by Gasteiger charge is 2.16. The van der Waals surface area contributed by atoms with Gasteiger partial charge in [-0.15, -0.1) is 0 Å². The normalized spacial score (nSPS) is 12.6. The number of para-hydroxylation sites is 1. The van der Waals surface area contributed by atoms with E-state index in [4.69, 9.17) is 5.73 Å². The van der Waals surface area contributed by atoms with Crippen LogP contribution in [0.5, 0.6) is 0 Å². The molecule has 75 valence electrons. The molecule has 0 bridgehead atoms. The average Bonchev–Trinajstić information content (AvgIpc) is 2.18. The third kappa shape index (κ3) is 2.85. The molecule has 0 unspecified atom stereocenters. The Labute approximate surface area is 84.3 Å². The summed E-state index contributed by atoms with van der Waals surface area (Å²) in [6.07, 6.45) is 0. The van der Waals surface area contributed by atoms with Crippen molar-refractivity contribution in [2.75, 3.05) is 5.32 Å². The Balaban J connectivity index is 2.58. The lowest BCUT2D eigenvalue weighted by Crippen LogP contribution is -2.39. The number of hydrogen-bond donors (Lipinski definition) is 2. The number of hydrogen-bond acceptors (Lipinski definition) is 2. The second-order valence-corrected chi connectivity index (χ2v) is 3.54. The summed E-state index contributed by atoms with van der Waals surface area (Å²) >= 11 is 0. The Morgan fingerprint density at radius 2 is 2.21 bits per heavy atom. The van der Waals surface area contributed by atoms with Crippen LogP contribution in [0.15, 0.2) is 24.3 Å². The maximum atomic E-state index is 11.5. The van der Waals surface area contributed by atoms with E-state index in [0.717, 1.165) is 0 Å². The van der Waals surface area contributed by atoms with Crippen LogP contribution in [0.25, 0.3) is 0 Å². The lowest BCUT2D eigenvalue weighted by molar-refractivity contribution is -0.118. The smallest absolute Gasteiger partial charge is 0.241 e. The standard InChI is InChI=1S/C11H15N2O/c1-8(2)10(12)11(14)13-9-6-4-3-5-7-9/h3-6,8,10H,12H2,1-2H3,(H,13,14)/t10-/m0/s1. The van der Waals surface area contributed by atoms with E-state index in [2.05, 4.69) is 11.4 Å². The molecule has 14 heavy (non-hydrogen) atoms. The second-order valence-electron chi connectivity index (χ2n) is 3.54. The molecule has 3 heteroatoms. The van der Waals surface area contributed by atoms with Gasteiger partial charge in [-0.2, -0.15) is 0 Å². The third-order valence-electron chi connectivity index (χ3n) is 1.99. The topological polar surface area (TPSA) is 55.1 Å². The first-order valence-electron chi connectivity index (χ1n) is 4.64. The minimum absolute atomic E-state index is 0.138. The van der Waals surface area contributed by atoms with Crippen molar-refractivity contribution >= 4 is 11.6 Å². The minimum atomic E-state index is -0.469. The van der Waals surface area contributed by atoms with Gasteiger partial charge in [-0.05, 0) is 12.0 Å². The molecule has 0 spiro atoms. The summed E-state index contributed by atoms with van der Waals surface area (Å²) in [7, 11) is 0. The number of anilines is 1. The van der Waals surface area contributed by atoms with Crippen molar-refractivity contribution in [2.24, 2.45) is 11.7 Å². The molecule has 0 aliphatic rings. The molecule has 1 atom stereocenters. The van der Waals surface area contributed by atoms with Gasteiger partial charge in [-0.1, -0.05) is 32.0 Å². The Bertz CT molecular complexity index is 295. The van der Waals surface area contributed by atoms with Gasteiger partial charge in [0.05, 0.1) is 6.04 Å². The molecule has 1 radical (unpaired) electrons. The van der Waals surface area contributed by atoms with E-state index in [0.29, 0.717) is 5.69 Å². The van der Waals surface area contributed by atoms with Gasteiger partial charge < -0.3 is 11.1 Å². The summed E-state index contributed by atoms with van der Waals surface area (Å²) < 4.78 is 0. The molecule has 1 aromatic carbocycles. The van der Waals surface area contributed by atoms with Crippen LogP contribution in [0.2, 0.25) is 0 Å². The summed E-state index contributed by atoms with van der Waals surface area (Å²) in [5.74, 6) is -0.0267. The Kier molecular flexibility index (Phi) is 3.65. The third-order valence-corrected chi connectivity index (χ3v) is 1.99. The number of nitrogens with two attached hydrogens (primary N) is 1. The Hall–Kier alpha value is -1.35. The number of benzene rings is 1. The fourth-order valence-electron chi connectivity index (χ4n) is 0.990. The van der Waals surface area contributed by atoms with E-state index in [1.807, 2.05) is 26.0 Å². The number of rotatable bonds is 3. The largest absolute Gasteiger partial charge is 0.324 e. The molecule has 0 saturated carbocycles. The van der Waals surface area contributed by atoms with E-state index in [1.165, 1.54) is 0 Å². The molecule has 0 heterocycles. The zero-order valence-corrected chi connectivity index (χ0v) is 8.45. The van der Waals surface area contributed by atoms with E-state index in [-0.39, 0.29) is 11.8 Å². The fraction of sp³-hybridized carbons (Fsp3) is 0.364. The van der Waals surface area contributed by atoms with E-state index in [1.54, 1.807) is 12.1 Å². The molecule has 0 aromatic heterocycles. The van der Waals surface area contributed by atoms with Crippen molar-refractivity contribution in [3.8, 4) is 0 Å². The molecule has 1 amide bonds. The van der Waals surface area contributed by atoms with Crippen LogP contribution in [-0.2, 0) is 4.79 Å². The summed E-state index contributed by atoms with van der Waals surface area (Å²) in [5, 5.41) is 2.70. The molecule has 0 aliphatic heterocycles. The average molecular weight is 191 g/mol. The van der Waals surface area contributed by atoms with Crippen LogP contribution in [0.3, 0.4) is 0 Å². The number of carbonyl (C=O) groups is 1. The maximum Gasteiger partial charge on any atom is 0.241 e. The zero-order valence-electron chi connectivity index (χ0n) is 8.45. The lowest BCUT2D eigenvalue weighted by atomic mass is 10.1. The highest BCUT2D eigenvalue weighted by atomic mass is 16.2. The minimum Gasteiger partial charge on any atom is -0.324 e. The fourth-order valence-corrected chi connectivity index (χ4v) is 0.990. The van der Waals surface area contributed by atoms with Crippen LogP contribution < -0.4 is 11.1 Å². The molecule has 1 rings (SSSR count). The van der Waals surface area contributed by atoms with Crippen LogP contribution in [0.4, 0.5) is 5.69 Å². The molecule has 1 aromatic rings. The maximum absolute atomic E-state index is 11.5. The summed E-state index contributed by atoms with van der Waals surface area (Å²) in [5.41, 5.74) is 6.34. The lowest BCUT2D eigenvalue weighted by Gasteiger charge is -2.14. The quantitative estimate of drug-likeness (QED) is 0.759. The summed E-state index contributed by atoms with van der Waals surface area (Å²) in [6.45, 7) is 3.83. The highest BCUT2D eigenvalue weighted by Crippen LogP contribution is 2.06. The Morgan fingerprint density at radius 3 is 2.71 bits per heavy atom.